The fourth-order valence-corrected chi connectivity index (χ4v) is 2.74. The summed E-state index contributed by atoms with van der Waals surface area (Å²) in [4.78, 5) is 10.6. The number of aromatic nitrogens is 2. The summed E-state index contributed by atoms with van der Waals surface area (Å²) in [6.07, 6.45) is 6.62. The Kier molecular flexibility index (Phi) is 4.27. The molecule has 0 unspecified atom stereocenters. The summed E-state index contributed by atoms with van der Waals surface area (Å²) < 4.78 is 0. The molecule has 0 amide bonds. The molecule has 5 heteroatoms. The van der Waals surface area contributed by atoms with Crippen molar-refractivity contribution in [2.75, 3.05) is 17.2 Å². The molecule has 2 N–H and O–H groups in total. The second-order valence-electron chi connectivity index (χ2n) is 5.40. The van der Waals surface area contributed by atoms with Crippen LogP contribution in [0.5, 0.6) is 0 Å². The third-order valence-electron chi connectivity index (χ3n) is 3.37. The highest BCUT2D eigenvalue weighted by molar-refractivity contribution is 6.28. The number of nitrogen functional groups attached to an aromatic ring is 1. The summed E-state index contributed by atoms with van der Waals surface area (Å²) in [5, 5.41) is 0.269. The third-order valence-corrected chi connectivity index (χ3v) is 3.55. The van der Waals surface area contributed by atoms with Crippen LogP contribution in [0.2, 0.25) is 5.28 Å². The molecule has 0 radical (unpaired) electrons. The molecule has 0 aromatic carbocycles. The van der Waals surface area contributed by atoms with Crippen molar-refractivity contribution in [2.45, 2.75) is 45.6 Å². The number of rotatable bonds is 4. The molecule has 0 spiro atoms. The van der Waals surface area contributed by atoms with E-state index in [0.717, 1.165) is 12.4 Å². The van der Waals surface area contributed by atoms with Gasteiger partial charge in [-0.05, 0) is 30.4 Å². The van der Waals surface area contributed by atoms with Crippen molar-refractivity contribution in [2.24, 2.45) is 5.92 Å². The normalized spacial score (nSPS) is 16.4. The van der Waals surface area contributed by atoms with Gasteiger partial charge in [0.05, 0.1) is 11.9 Å². The van der Waals surface area contributed by atoms with Gasteiger partial charge in [-0.2, -0.15) is 4.98 Å². The smallest absolute Gasteiger partial charge is 0.224 e. The lowest BCUT2D eigenvalue weighted by Crippen LogP contribution is -2.37. The maximum atomic E-state index is 6.01. The predicted octanol–water partition coefficient (Wildman–Crippen LogP) is 3.12. The Morgan fingerprint density at radius 1 is 1.44 bits per heavy atom. The SMILES string of the molecule is CC(C)CN(c1nc(Cl)ncc1N)C1CCCC1. The molecule has 18 heavy (non-hydrogen) atoms. The van der Waals surface area contributed by atoms with E-state index >= 15 is 0 Å². The number of anilines is 2. The summed E-state index contributed by atoms with van der Waals surface area (Å²) in [5.41, 5.74) is 6.63. The monoisotopic (exact) mass is 268 g/mol. The number of halogens is 1. The number of nitrogens with two attached hydrogens (primary N) is 1. The van der Waals surface area contributed by atoms with Crippen molar-refractivity contribution in [1.82, 2.24) is 9.97 Å². The highest BCUT2D eigenvalue weighted by atomic mass is 35.5. The molecule has 1 aliphatic carbocycles. The Morgan fingerprint density at radius 2 is 2.11 bits per heavy atom. The van der Waals surface area contributed by atoms with E-state index < -0.39 is 0 Å². The van der Waals surface area contributed by atoms with Crippen molar-refractivity contribution in [1.29, 1.82) is 0 Å². The van der Waals surface area contributed by atoms with Gasteiger partial charge in [-0.1, -0.05) is 26.7 Å². The average molecular weight is 269 g/mol. The minimum Gasteiger partial charge on any atom is -0.394 e. The van der Waals surface area contributed by atoms with Crippen LogP contribution >= 0.6 is 11.6 Å². The quantitative estimate of drug-likeness (QED) is 0.853. The first-order chi connectivity index (χ1) is 8.58. The lowest BCUT2D eigenvalue weighted by atomic mass is 10.1. The van der Waals surface area contributed by atoms with Crippen LogP contribution < -0.4 is 10.6 Å². The van der Waals surface area contributed by atoms with Crippen molar-refractivity contribution in [3.05, 3.63) is 11.5 Å². The molecule has 0 atom stereocenters. The standard InChI is InChI=1S/C13H21ClN4/c1-9(2)8-18(10-5-3-4-6-10)12-11(15)7-16-13(14)17-12/h7,9-10H,3-6,8,15H2,1-2H3. The van der Waals surface area contributed by atoms with Crippen LogP contribution in [0.1, 0.15) is 39.5 Å². The fraction of sp³-hybridized carbons (Fsp3) is 0.692. The largest absolute Gasteiger partial charge is 0.394 e. The van der Waals surface area contributed by atoms with Crippen molar-refractivity contribution in [3.63, 3.8) is 0 Å². The van der Waals surface area contributed by atoms with Gasteiger partial charge in [0.25, 0.3) is 0 Å². The van der Waals surface area contributed by atoms with E-state index in [-0.39, 0.29) is 5.28 Å². The van der Waals surface area contributed by atoms with E-state index in [1.54, 1.807) is 6.20 Å². The van der Waals surface area contributed by atoms with Crippen LogP contribution in [0.4, 0.5) is 11.5 Å². The summed E-state index contributed by atoms with van der Waals surface area (Å²) in [5.74, 6) is 1.37. The molecule has 2 rings (SSSR count). The van der Waals surface area contributed by atoms with Crippen molar-refractivity contribution in [3.8, 4) is 0 Å². The minimum atomic E-state index is 0.269. The maximum absolute atomic E-state index is 6.01. The highest BCUT2D eigenvalue weighted by Crippen LogP contribution is 2.31. The molecule has 1 fully saturated rings. The van der Waals surface area contributed by atoms with E-state index in [1.807, 2.05) is 0 Å². The van der Waals surface area contributed by atoms with Gasteiger partial charge in [-0.15, -0.1) is 0 Å². The summed E-state index contributed by atoms with van der Waals surface area (Å²) >= 11 is 5.90. The van der Waals surface area contributed by atoms with Crippen molar-refractivity contribution >= 4 is 23.1 Å². The second kappa shape index (κ2) is 5.74. The molecule has 1 heterocycles. The molecular weight excluding hydrogens is 248 g/mol. The van der Waals surface area contributed by atoms with Gasteiger partial charge < -0.3 is 10.6 Å². The van der Waals surface area contributed by atoms with Crippen LogP contribution in [-0.4, -0.2) is 22.6 Å². The number of hydrogen-bond donors (Lipinski definition) is 1. The Bertz CT molecular complexity index is 402. The minimum absolute atomic E-state index is 0.269. The Labute approximate surface area is 114 Å². The zero-order chi connectivity index (χ0) is 13.1. The lowest BCUT2D eigenvalue weighted by molar-refractivity contribution is 0.531. The van der Waals surface area contributed by atoms with E-state index in [2.05, 4.69) is 28.7 Å². The van der Waals surface area contributed by atoms with E-state index in [1.165, 1.54) is 25.7 Å². The van der Waals surface area contributed by atoms with E-state index in [4.69, 9.17) is 17.3 Å². The Balaban J connectivity index is 2.29. The van der Waals surface area contributed by atoms with E-state index in [9.17, 15) is 0 Å². The van der Waals surface area contributed by atoms with Crippen LogP contribution in [-0.2, 0) is 0 Å². The Morgan fingerprint density at radius 3 is 2.72 bits per heavy atom. The van der Waals surface area contributed by atoms with Crippen LogP contribution in [0.25, 0.3) is 0 Å². The van der Waals surface area contributed by atoms with Gasteiger partial charge >= 0.3 is 0 Å². The predicted molar refractivity (Wildman–Crippen MR) is 75.9 cm³/mol. The molecule has 1 aromatic heterocycles. The maximum Gasteiger partial charge on any atom is 0.224 e. The first-order valence-electron chi connectivity index (χ1n) is 6.62. The summed E-state index contributed by atoms with van der Waals surface area (Å²) in [6, 6.07) is 0.542. The van der Waals surface area contributed by atoms with Crippen molar-refractivity contribution < 1.29 is 0 Å². The fourth-order valence-electron chi connectivity index (χ4n) is 2.61. The molecule has 0 saturated heterocycles. The molecule has 1 saturated carbocycles. The summed E-state index contributed by atoms with van der Waals surface area (Å²) in [6.45, 7) is 5.38. The molecule has 1 aromatic rings. The van der Waals surface area contributed by atoms with Gasteiger partial charge in [0.1, 0.15) is 0 Å². The Hall–Kier alpha value is -1.03. The van der Waals surface area contributed by atoms with Gasteiger partial charge in [0.15, 0.2) is 5.82 Å². The zero-order valence-corrected chi connectivity index (χ0v) is 11.8. The van der Waals surface area contributed by atoms with Gasteiger partial charge in [-0.3, -0.25) is 0 Å². The highest BCUT2D eigenvalue weighted by Gasteiger charge is 2.26. The van der Waals surface area contributed by atoms with Crippen LogP contribution in [0.3, 0.4) is 0 Å². The van der Waals surface area contributed by atoms with Gasteiger partial charge in [0.2, 0.25) is 5.28 Å². The first kappa shape index (κ1) is 13.4. The molecule has 100 valence electrons. The average Bonchev–Trinajstić information content (AvgIpc) is 2.82. The topological polar surface area (TPSA) is 55.0 Å². The number of nitrogens with zero attached hydrogens (tertiary/aromatic N) is 3. The van der Waals surface area contributed by atoms with Crippen LogP contribution in [0.15, 0.2) is 6.20 Å². The molecule has 0 bridgehead atoms. The second-order valence-corrected chi connectivity index (χ2v) is 5.74. The molecule has 0 aliphatic heterocycles. The van der Waals surface area contributed by atoms with Gasteiger partial charge in [0, 0.05) is 12.6 Å². The number of hydrogen-bond acceptors (Lipinski definition) is 4. The molecular formula is C13H21ClN4. The third kappa shape index (κ3) is 3.05. The van der Waals surface area contributed by atoms with E-state index in [0.29, 0.717) is 17.6 Å². The lowest BCUT2D eigenvalue weighted by Gasteiger charge is -2.32. The van der Waals surface area contributed by atoms with Crippen LogP contribution in [0, 0.1) is 5.92 Å². The zero-order valence-electron chi connectivity index (χ0n) is 11.1. The first-order valence-corrected chi connectivity index (χ1v) is 7.00. The molecule has 4 nitrogen and oxygen atoms in total. The summed E-state index contributed by atoms with van der Waals surface area (Å²) in [7, 11) is 0. The van der Waals surface area contributed by atoms with Gasteiger partial charge in [-0.25, -0.2) is 4.98 Å². The molecule has 1 aliphatic rings.